The van der Waals surface area contributed by atoms with Crippen molar-refractivity contribution in [3.8, 4) is 11.6 Å². The Hall–Kier alpha value is -1.88. The lowest BCUT2D eigenvalue weighted by molar-refractivity contribution is 0.281. The summed E-state index contributed by atoms with van der Waals surface area (Å²) in [6, 6.07) is 3.74. The third-order valence-corrected chi connectivity index (χ3v) is 2.31. The Labute approximate surface area is 99.7 Å². The van der Waals surface area contributed by atoms with Crippen molar-refractivity contribution in [3.63, 3.8) is 0 Å². The molecule has 0 amide bonds. The minimum atomic E-state index is -0.0237. The highest BCUT2D eigenvalue weighted by atomic mass is 16.5. The molecule has 0 aromatic carbocycles. The van der Waals surface area contributed by atoms with Gasteiger partial charge in [0.05, 0.1) is 19.0 Å². The summed E-state index contributed by atoms with van der Waals surface area (Å²) in [5, 5.41) is 13.2. The predicted octanol–water partition coefficient (Wildman–Crippen LogP) is 2.14. The van der Waals surface area contributed by atoms with Gasteiger partial charge in [-0.15, -0.1) is 0 Å². The summed E-state index contributed by atoms with van der Waals surface area (Å²) in [5.74, 6) is 1.10. The predicted molar refractivity (Wildman–Crippen MR) is 62.8 cm³/mol. The van der Waals surface area contributed by atoms with Crippen LogP contribution in [0.5, 0.6) is 11.6 Å². The van der Waals surface area contributed by atoms with Gasteiger partial charge in [-0.2, -0.15) is 5.10 Å². The van der Waals surface area contributed by atoms with Crippen molar-refractivity contribution in [3.05, 3.63) is 36.3 Å². The van der Waals surface area contributed by atoms with Crippen LogP contribution in [0.2, 0.25) is 0 Å². The van der Waals surface area contributed by atoms with E-state index < -0.39 is 0 Å². The van der Waals surface area contributed by atoms with Crippen molar-refractivity contribution in [2.24, 2.45) is 0 Å². The fourth-order valence-electron chi connectivity index (χ4n) is 1.38. The van der Waals surface area contributed by atoms with Crippen LogP contribution in [0.25, 0.3) is 0 Å². The van der Waals surface area contributed by atoms with Crippen LogP contribution >= 0.6 is 0 Å². The van der Waals surface area contributed by atoms with Gasteiger partial charge in [-0.25, -0.2) is 4.98 Å². The van der Waals surface area contributed by atoms with Gasteiger partial charge in [0.25, 0.3) is 0 Å². The molecule has 0 atom stereocenters. The van der Waals surface area contributed by atoms with E-state index in [1.54, 1.807) is 24.5 Å². The average Bonchev–Trinajstić information content (AvgIpc) is 2.78. The van der Waals surface area contributed by atoms with Gasteiger partial charge in [-0.1, -0.05) is 0 Å². The normalized spacial score (nSPS) is 10.8. The molecule has 0 spiro atoms. The summed E-state index contributed by atoms with van der Waals surface area (Å²) in [7, 11) is 0. The zero-order valence-electron chi connectivity index (χ0n) is 9.87. The van der Waals surface area contributed by atoms with Crippen LogP contribution in [-0.4, -0.2) is 19.9 Å². The van der Waals surface area contributed by atoms with E-state index in [0.29, 0.717) is 17.7 Å². The van der Waals surface area contributed by atoms with Gasteiger partial charge in [-0.3, -0.25) is 4.68 Å². The van der Waals surface area contributed by atoms with Gasteiger partial charge in [0.15, 0.2) is 5.75 Å². The molecule has 2 heterocycles. The number of aromatic nitrogens is 3. The van der Waals surface area contributed by atoms with E-state index in [2.05, 4.69) is 10.1 Å². The van der Waals surface area contributed by atoms with Crippen LogP contribution < -0.4 is 4.74 Å². The van der Waals surface area contributed by atoms with Crippen molar-refractivity contribution >= 4 is 0 Å². The third kappa shape index (κ3) is 2.82. The number of pyridine rings is 1. The van der Waals surface area contributed by atoms with Crippen LogP contribution in [0.1, 0.15) is 25.5 Å². The number of hydrogen-bond donors (Lipinski definition) is 1. The highest BCUT2D eigenvalue weighted by Gasteiger charge is 2.04. The first-order valence-electron chi connectivity index (χ1n) is 5.47. The van der Waals surface area contributed by atoms with E-state index >= 15 is 0 Å². The summed E-state index contributed by atoms with van der Waals surface area (Å²) in [5.41, 5.74) is 0.770. The largest absolute Gasteiger partial charge is 0.436 e. The molecule has 0 fully saturated rings. The molecule has 5 heteroatoms. The molecule has 0 radical (unpaired) electrons. The lowest BCUT2D eigenvalue weighted by Gasteiger charge is -2.04. The van der Waals surface area contributed by atoms with E-state index in [1.165, 1.54) is 0 Å². The van der Waals surface area contributed by atoms with Crippen LogP contribution in [0.15, 0.2) is 30.7 Å². The van der Waals surface area contributed by atoms with Gasteiger partial charge in [0.2, 0.25) is 5.88 Å². The Morgan fingerprint density at radius 1 is 1.47 bits per heavy atom. The molecule has 0 unspecified atom stereocenters. The fraction of sp³-hybridized carbons (Fsp3) is 0.333. The molecule has 17 heavy (non-hydrogen) atoms. The maximum Gasteiger partial charge on any atom is 0.219 e. The van der Waals surface area contributed by atoms with Crippen LogP contribution in [0.3, 0.4) is 0 Å². The topological polar surface area (TPSA) is 60.2 Å². The Kier molecular flexibility index (Phi) is 3.39. The Bertz CT molecular complexity index is 494. The molecule has 1 N–H and O–H groups in total. The molecule has 0 aliphatic heterocycles. The Morgan fingerprint density at radius 3 is 2.94 bits per heavy atom. The number of ether oxygens (including phenoxy) is 1. The van der Waals surface area contributed by atoms with Gasteiger partial charge in [0, 0.05) is 18.3 Å². The zero-order chi connectivity index (χ0) is 12.3. The molecule has 90 valence electrons. The monoisotopic (exact) mass is 233 g/mol. The van der Waals surface area contributed by atoms with Crippen molar-refractivity contribution in [1.29, 1.82) is 0 Å². The van der Waals surface area contributed by atoms with Crippen LogP contribution in [0.4, 0.5) is 0 Å². The van der Waals surface area contributed by atoms with E-state index in [-0.39, 0.29) is 6.61 Å². The number of nitrogens with zero attached hydrogens (tertiary/aromatic N) is 3. The quantitative estimate of drug-likeness (QED) is 0.878. The molecule has 0 aliphatic rings. The van der Waals surface area contributed by atoms with Crippen LogP contribution in [0, 0.1) is 0 Å². The first kappa shape index (κ1) is 11.6. The molecular weight excluding hydrogens is 218 g/mol. The smallest absolute Gasteiger partial charge is 0.219 e. The summed E-state index contributed by atoms with van der Waals surface area (Å²) in [6.07, 6.45) is 5.07. The fourth-order valence-corrected chi connectivity index (χ4v) is 1.38. The first-order chi connectivity index (χ1) is 8.19. The summed E-state index contributed by atoms with van der Waals surface area (Å²) >= 11 is 0. The average molecular weight is 233 g/mol. The molecule has 5 nitrogen and oxygen atoms in total. The first-order valence-corrected chi connectivity index (χ1v) is 5.47. The summed E-state index contributed by atoms with van der Waals surface area (Å²) in [6.45, 7) is 4.06. The van der Waals surface area contributed by atoms with E-state index in [4.69, 9.17) is 9.84 Å². The second-order valence-electron chi connectivity index (χ2n) is 4.01. The number of aliphatic hydroxyl groups is 1. The standard InChI is InChI=1S/C12H15N3O2/c1-9(2)15-7-11(6-14-15)17-12-5-10(8-16)3-4-13-12/h3-7,9,16H,8H2,1-2H3. The van der Waals surface area contributed by atoms with Gasteiger partial charge in [-0.05, 0) is 25.5 Å². The highest BCUT2D eigenvalue weighted by molar-refractivity contribution is 5.25. The number of rotatable bonds is 4. The van der Waals surface area contributed by atoms with Gasteiger partial charge >= 0.3 is 0 Å². The molecule has 0 bridgehead atoms. The molecule has 0 aliphatic carbocycles. The van der Waals surface area contributed by atoms with Crippen molar-refractivity contribution < 1.29 is 9.84 Å². The molecule has 2 aromatic heterocycles. The van der Waals surface area contributed by atoms with E-state index in [0.717, 1.165) is 5.56 Å². The number of aliphatic hydroxyl groups excluding tert-OH is 1. The van der Waals surface area contributed by atoms with Gasteiger partial charge < -0.3 is 9.84 Å². The van der Waals surface area contributed by atoms with E-state index in [9.17, 15) is 0 Å². The van der Waals surface area contributed by atoms with Crippen LogP contribution in [-0.2, 0) is 6.61 Å². The molecule has 0 saturated carbocycles. The zero-order valence-corrected chi connectivity index (χ0v) is 9.87. The lowest BCUT2D eigenvalue weighted by Crippen LogP contribution is -1.99. The van der Waals surface area contributed by atoms with Gasteiger partial charge in [0.1, 0.15) is 0 Å². The molecule has 2 aromatic rings. The molecule has 2 rings (SSSR count). The molecule has 0 saturated heterocycles. The number of hydrogen-bond acceptors (Lipinski definition) is 4. The maximum atomic E-state index is 9.01. The summed E-state index contributed by atoms with van der Waals surface area (Å²) in [4.78, 5) is 4.07. The van der Waals surface area contributed by atoms with Crippen molar-refractivity contribution in [1.82, 2.24) is 14.8 Å². The third-order valence-electron chi connectivity index (χ3n) is 2.31. The Balaban J connectivity index is 2.13. The second-order valence-corrected chi connectivity index (χ2v) is 4.01. The Morgan fingerprint density at radius 2 is 2.29 bits per heavy atom. The minimum absolute atomic E-state index is 0.0237. The second kappa shape index (κ2) is 4.97. The van der Waals surface area contributed by atoms with E-state index in [1.807, 2.05) is 24.7 Å². The maximum absolute atomic E-state index is 9.01. The molecular formula is C12H15N3O2. The highest BCUT2D eigenvalue weighted by Crippen LogP contribution is 2.20. The minimum Gasteiger partial charge on any atom is -0.436 e. The lowest BCUT2D eigenvalue weighted by atomic mass is 10.3. The summed E-state index contributed by atoms with van der Waals surface area (Å²) < 4.78 is 7.36. The SMILES string of the molecule is CC(C)n1cc(Oc2cc(CO)ccn2)cn1. The van der Waals surface area contributed by atoms with Crippen molar-refractivity contribution in [2.45, 2.75) is 26.5 Å². The van der Waals surface area contributed by atoms with Crippen molar-refractivity contribution in [2.75, 3.05) is 0 Å².